The molecule has 0 unspecified atom stereocenters. The summed E-state index contributed by atoms with van der Waals surface area (Å²) in [6, 6.07) is 14.7. The Morgan fingerprint density at radius 2 is 1.89 bits per heavy atom. The van der Waals surface area contributed by atoms with Gasteiger partial charge in [-0.15, -0.1) is 0 Å². The van der Waals surface area contributed by atoms with Crippen LogP contribution in [0.1, 0.15) is 22.3 Å². The Kier molecular flexibility index (Phi) is 4.58. The summed E-state index contributed by atoms with van der Waals surface area (Å²) in [7, 11) is 0. The monoisotopic (exact) mass is 274 g/mol. The lowest BCUT2D eigenvalue weighted by Gasteiger charge is -2.08. The smallest absolute Gasteiger partial charge is 0.166 e. The average Bonchev–Trinajstić information content (AvgIpc) is 2.42. The zero-order valence-electron chi connectivity index (χ0n) is 10.7. The van der Waals surface area contributed by atoms with Gasteiger partial charge in [-0.05, 0) is 30.7 Å². The third-order valence-corrected chi connectivity index (χ3v) is 3.05. The predicted octanol–water partition coefficient (Wildman–Crippen LogP) is 4.30. The van der Waals surface area contributed by atoms with Gasteiger partial charge in [-0.1, -0.05) is 41.9 Å². The molecule has 0 heterocycles. The molecular weight excluding hydrogens is 260 g/mol. The molecule has 0 aliphatic heterocycles. The topological polar surface area (TPSA) is 26.3 Å². The molecule has 0 spiro atoms. The molecule has 0 N–H and O–H groups in total. The highest BCUT2D eigenvalue weighted by Gasteiger charge is 2.06. The summed E-state index contributed by atoms with van der Waals surface area (Å²) >= 11 is 5.87. The first-order valence-corrected chi connectivity index (χ1v) is 6.52. The fourth-order valence-electron chi connectivity index (χ4n) is 1.80. The zero-order valence-corrected chi connectivity index (χ0v) is 11.5. The Hall–Kier alpha value is -1.80. The van der Waals surface area contributed by atoms with Crippen LogP contribution in [0.3, 0.4) is 0 Å². The largest absolute Gasteiger partial charge is 0.493 e. The molecule has 0 bridgehead atoms. The van der Waals surface area contributed by atoms with E-state index in [9.17, 15) is 4.79 Å². The van der Waals surface area contributed by atoms with Crippen molar-refractivity contribution in [1.82, 2.24) is 0 Å². The van der Waals surface area contributed by atoms with Crippen molar-refractivity contribution in [2.75, 3.05) is 6.61 Å². The van der Waals surface area contributed by atoms with Crippen LogP contribution in [0, 0.1) is 6.92 Å². The van der Waals surface area contributed by atoms with Crippen LogP contribution in [0.5, 0.6) is 5.75 Å². The lowest BCUT2D eigenvalue weighted by atomic mass is 10.1. The number of rotatable bonds is 5. The van der Waals surface area contributed by atoms with Crippen molar-refractivity contribution >= 4 is 17.4 Å². The highest BCUT2D eigenvalue weighted by Crippen LogP contribution is 2.21. The minimum Gasteiger partial charge on any atom is -0.493 e. The maximum absolute atomic E-state index is 11.9. The van der Waals surface area contributed by atoms with Gasteiger partial charge in [0.15, 0.2) is 5.78 Å². The standard InChI is InChI=1S/C16H15ClO2/c1-12-11-14(17)7-8-16(12)19-10-9-15(18)13-5-3-2-4-6-13/h2-8,11H,9-10H2,1H3. The maximum atomic E-state index is 11.9. The van der Waals surface area contributed by atoms with Gasteiger partial charge in [-0.2, -0.15) is 0 Å². The van der Waals surface area contributed by atoms with Gasteiger partial charge in [0.2, 0.25) is 0 Å². The van der Waals surface area contributed by atoms with Crippen LogP contribution in [0.4, 0.5) is 0 Å². The third kappa shape index (κ3) is 3.83. The van der Waals surface area contributed by atoms with Crippen molar-refractivity contribution in [2.24, 2.45) is 0 Å². The maximum Gasteiger partial charge on any atom is 0.166 e. The van der Waals surface area contributed by atoms with E-state index < -0.39 is 0 Å². The van der Waals surface area contributed by atoms with E-state index in [1.54, 1.807) is 6.07 Å². The number of carbonyl (C=O) groups excluding carboxylic acids is 1. The van der Waals surface area contributed by atoms with E-state index in [0.717, 1.165) is 16.9 Å². The number of carbonyl (C=O) groups is 1. The van der Waals surface area contributed by atoms with E-state index in [4.69, 9.17) is 16.3 Å². The fourth-order valence-corrected chi connectivity index (χ4v) is 2.02. The summed E-state index contributed by atoms with van der Waals surface area (Å²) in [6.07, 6.45) is 0.367. The lowest BCUT2D eigenvalue weighted by molar-refractivity contribution is 0.0962. The van der Waals surface area contributed by atoms with Crippen LogP contribution in [0.2, 0.25) is 5.02 Å². The number of hydrogen-bond acceptors (Lipinski definition) is 2. The minimum absolute atomic E-state index is 0.0900. The van der Waals surface area contributed by atoms with Gasteiger partial charge in [-0.25, -0.2) is 0 Å². The summed E-state index contributed by atoms with van der Waals surface area (Å²) in [6.45, 7) is 2.30. The number of ether oxygens (including phenoxy) is 1. The molecule has 2 nitrogen and oxygen atoms in total. The predicted molar refractivity (Wildman–Crippen MR) is 77.1 cm³/mol. The molecule has 0 saturated carbocycles. The second kappa shape index (κ2) is 6.39. The highest BCUT2D eigenvalue weighted by atomic mass is 35.5. The number of aryl methyl sites for hydroxylation is 1. The summed E-state index contributed by atoms with van der Waals surface area (Å²) in [5, 5.41) is 0.685. The first-order chi connectivity index (χ1) is 9.16. The van der Waals surface area contributed by atoms with E-state index in [1.807, 2.05) is 49.4 Å². The van der Waals surface area contributed by atoms with Gasteiger partial charge < -0.3 is 4.74 Å². The summed E-state index contributed by atoms with van der Waals surface area (Å²) < 4.78 is 5.60. The normalized spacial score (nSPS) is 10.2. The molecule has 98 valence electrons. The molecule has 3 heteroatoms. The van der Waals surface area contributed by atoms with Crippen molar-refractivity contribution in [1.29, 1.82) is 0 Å². The molecule has 2 aromatic carbocycles. The second-order valence-electron chi connectivity index (χ2n) is 4.30. The first-order valence-electron chi connectivity index (χ1n) is 6.14. The fraction of sp³-hybridized carbons (Fsp3) is 0.188. The van der Waals surface area contributed by atoms with Crippen LogP contribution in [-0.2, 0) is 0 Å². The number of hydrogen-bond donors (Lipinski definition) is 0. The second-order valence-corrected chi connectivity index (χ2v) is 4.73. The van der Waals surface area contributed by atoms with Gasteiger partial charge >= 0.3 is 0 Å². The molecule has 0 saturated heterocycles. The van der Waals surface area contributed by atoms with E-state index in [-0.39, 0.29) is 5.78 Å². The van der Waals surface area contributed by atoms with Gasteiger partial charge in [0.05, 0.1) is 6.61 Å². The van der Waals surface area contributed by atoms with E-state index in [0.29, 0.717) is 18.1 Å². The first kappa shape index (κ1) is 13.6. The average molecular weight is 275 g/mol. The molecule has 0 fully saturated rings. The molecule has 0 radical (unpaired) electrons. The van der Waals surface area contributed by atoms with Gasteiger partial charge in [0.1, 0.15) is 5.75 Å². The quantitative estimate of drug-likeness (QED) is 0.760. The van der Waals surface area contributed by atoms with Crippen molar-refractivity contribution < 1.29 is 9.53 Å². The Labute approximate surface area is 118 Å². The molecule has 19 heavy (non-hydrogen) atoms. The van der Waals surface area contributed by atoms with Gasteiger partial charge in [0.25, 0.3) is 0 Å². The Balaban J connectivity index is 1.88. The van der Waals surface area contributed by atoms with Gasteiger partial charge in [0, 0.05) is 17.0 Å². The van der Waals surface area contributed by atoms with E-state index in [1.165, 1.54) is 0 Å². The van der Waals surface area contributed by atoms with E-state index in [2.05, 4.69) is 0 Å². The molecule has 0 aliphatic rings. The molecule has 2 aromatic rings. The summed E-state index contributed by atoms with van der Waals surface area (Å²) in [4.78, 5) is 11.9. The van der Waals surface area contributed by atoms with Gasteiger partial charge in [-0.3, -0.25) is 4.79 Å². The Morgan fingerprint density at radius 3 is 2.58 bits per heavy atom. The minimum atomic E-state index is 0.0900. The molecule has 0 aliphatic carbocycles. The summed E-state index contributed by atoms with van der Waals surface area (Å²) in [5.74, 6) is 0.859. The molecular formula is C16H15ClO2. The number of ketones is 1. The third-order valence-electron chi connectivity index (χ3n) is 2.82. The molecule has 0 amide bonds. The molecule has 0 aromatic heterocycles. The number of halogens is 1. The number of benzene rings is 2. The highest BCUT2D eigenvalue weighted by molar-refractivity contribution is 6.30. The SMILES string of the molecule is Cc1cc(Cl)ccc1OCCC(=O)c1ccccc1. The van der Waals surface area contributed by atoms with Crippen molar-refractivity contribution in [2.45, 2.75) is 13.3 Å². The van der Waals surface area contributed by atoms with Crippen molar-refractivity contribution in [3.8, 4) is 5.75 Å². The lowest BCUT2D eigenvalue weighted by Crippen LogP contribution is -2.07. The van der Waals surface area contributed by atoms with Crippen molar-refractivity contribution in [3.05, 3.63) is 64.7 Å². The van der Waals surface area contributed by atoms with Crippen LogP contribution in [0.15, 0.2) is 48.5 Å². The molecule has 2 rings (SSSR count). The zero-order chi connectivity index (χ0) is 13.7. The Morgan fingerprint density at radius 1 is 1.16 bits per heavy atom. The van der Waals surface area contributed by atoms with Crippen molar-refractivity contribution in [3.63, 3.8) is 0 Å². The molecule has 0 atom stereocenters. The van der Waals surface area contributed by atoms with Crippen LogP contribution in [0.25, 0.3) is 0 Å². The number of Topliss-reactive ketones (excluding diaryl/α,β-unsaturated/α-hetero) is 1. The van der Waals surface area contributed by atoms with Crippen LogP contribution < -0.4 is 4.74 Å². The van der Waals surface area contributed by atoms with Crippen LogP contribution >= 0.6 is 11.6 Å². The summed E-state index contributed by atoms with van der Waals surface area (Å²) in [5.41, 5.74) is 1.69. The van der Waals surface area contributed by atoms with E-state index >= 15 is 0 Å². The Bertz CT molecular complexity index is 564. The van der Waals surface area contributed by atoms with Crippen LogP contribution in [-0.4, -0.2) is 12.4 Å².